The fraction of sp³-hybridized carbons (Fsp3) is 0.609. The first-order valence-electron chi connectivity index (χ1n) is 10.7. The lowest BCUT2D eigenvalue weighted by molar-refractivity contribution is -0.166. The molecule has 0 aromatic heterocycles. The lowest BCUT2D eigenvalue weighted by Gasteiger charge is -2.31. The molecule has 7 nitrogen and oxygen atoms in total. The highest BCUT2D eigenvalue weighted by atomic mass is 16.6. The number of esters is 2. The van der Waals surface area contributed by atoms with Gasteiger partial charge in [-0.2, -0.15) is 0 Å². The number of fused-ring (bicyclic) bond motifs is 1. The fourth-order valence-corrected chi connectivity index (χ4v) is 5.32. The van der Waals surface area contributed by atoms with Crippen molar-refractivity contribution in [2.45, 2.75) is 58.7 Å². The number of nitrogens with one attached hydrogen (secondary N) is 1. The van der Waals surface area contributed by atoms with Crippen molar-refractivity contribution in [1.29, 1.82) is 0 Å². The number of ether oxygens (including phenoxy) is 2. The molecule has 1 saturated heterocycles. The molecule has 7 heteroatoms. The number of para-hydroxylation sites is 2. The van der Waals surface area contributed by atoms with Crippen LogP contribution in [0.5, 0.6) is 5.75 Å². The minimum absolute atomic E-state index is 0.00235. The Bertz CT molecular complexity index is 869. The Hall–Kier alpha value is -2.57. The molecule has 2 bridgehead atoms. The lowest BCUT2D eigenvalue weighted by Crippen LogP contribution is -2.39. The molecule has 4 rings (SSSR count). The molecule has 30 heavy (non-hydrogen) atoms. The molecule has 3 aliphatic rings. The van der Waals surface area contributed by atoms with E-state index in [9.17, 15) is 19.5 Å². The molecule has 1 aliphatic heterocycles. The molecule has 3 fully saturated rings. The normalized spacial score (nSPS) is 31.7. The molecule has 1 heterocycles. The summed E-state index contributed by atoms with van der Waals surface area (Å²) in [6, 6.07) is 6.55. The zero-order valence-corrected chi connectivity index (χ0v) is 17.6. The molecule has 7 unspecified atom stereocenters. The standard InChI is InChI=1S/C23H29NO6/c1-4-23(3,22(28)24-16-7-5-6-8-17(16)25)11-12(2)20(26)29-18-13-9-14-15(10-13)21(27)30-19(14)18/h5-8,12-15,18-19,25H,4,9-11H2,1-3H3,(H,24,28). The van der Waals surface area contributed by atoms with Crippen LogP contribution in [0.1, 0.15) is 46.5 Å². The molecule has 162 valence electrons. The number of amides is 1. The van der Waals surface area contributed by atoms with E-state index in [1.54, 1.807) is 25.1 Å². The van der Waals surface area contributed by atoms with Gasteiger partial charge in [0, 0.05) is 17.3 Å². The van der Waals surface area contributed by atoms with Gasteiger partial charge in [0.2, 0.25) is 5.91 Å². The first-order valence-corrected chi connectivity index (χ1v) is 10.7. The minimum atomic E-state index is -0.805. The van der Waals surface area contributed by atoms with Crippen LogP contribution < -0.4 is 5.32 Å². The van der Waals surface area contributed by atoms with Gasteiger partial charge in [0.1, 0.15) is 18.0 Å². The maximum absolute atomic E-state index is 12.9. The summed E-state index contributed by atoms with van der Waals surface area (Å²) in [6.45, 7) is 5.48. The Morgan fingerprint density at radius 2 is 2.07 bits per heavy atom. The molecule has 1 aromatic carbocycles. The molecule has 0 spiro atoms. The van der Waals surface area contributed by atoms with E-state index in [0.717, 1.165) is 12.8 Å². The van der Waals surface area contributed by atoms with Crippen LogP contribution in [0.3, 0.4) is 0 Å². The summed E-state index contributed by atoms with van der Waals surface area (Å²) in [5.41, 5.74) is -0.461. The molecule has 2 N–H and O–H groups in total. The second-order valence-corrected chi connectivity index (χ2v) is 9.30. The van der Waals surface area contributed by atoms with Gasteiger partial charge in [-0.25, -0.2) is 0 Å². The number of benzene rings is 1. The number of carbonyl (C=O) groups excluding carboxylic acids is 3. The van der Waals surface area contributed by atoms with Gasteiger partial charge in [-0.15, -0.1) is 0 Å². The van der Waals surface area contributed by atoms with Gasteiger partial charge in [0.15, 0.2) is 0 Å². The van der Waals surface area contributed by atoms with Gasteiger partial charge in [-0.3, -0.25) is 14.4 Å². The van der Waals surface area contributed by atoms with Crippen molar-refractivity contribution in [3.63, 3.8) is 0 Å². The van der Waals surface area contributed by atoms with Crippen molar-refractivity contribution < 1.29 is 29.0 Å². The predicted molar refractivity (Wildman–Crippen MR) is 108 cm³/mol. The third-order valence-corrected chi connectivity index (χ3v) is 7.31. The van der Waals surface area contributed by atoms with Crippen LogP contribution in [0.25, 0.3) is 0 Å². The largest absolute Gasteiger partial charge is 0.506 e. The molecule has 1 aromatic rings. The molecular weight excluding hydrogens is 386 g/mol. The van der Waals surface area contributed by atoms with Gasteiger partial charge < -0.3 is 19.9 Å². The van der Waals surface area contributed by atoms with Crippen molar-refractivity contribution in [2.75, 3.05) is 5.32 Å². The predicted octanol–water partition coefficient (Wildman–Crippen LogP) is 3.27. The van der Waals surface area contributed by atoms with Crippen molar-refractivity contribution in [1.82, 2.24) is 0 Å². The van der Waals surface area contributed by atoms with Crippen LogP contribution in [0.4, 0.5) is 5.69 Å². The summed E-state index contributed by atoms with van der Waals surface area (Å²) in [6.07, 6.45) is 1.79. The Labute approximate surface area is 176 Å². The average Bonchev–Trinajstić information content (AvgIpc) is 3.34. The van der Waals surface area contributed by atoms with Gasteiger partial charge in [0.25, 0.3) is 0 Å². The van der Waals surface area contributed by atoms with E-state index in [1.165, 1.54) is 6.07 Å². The van der Waals surface area contributed by atoms with E-state index in [4.69, 9.17) is 9.47 Å². The molecule has 0 radical (unpaired) electrons. The van der Waals surface area contributed by atoms with Gasteiger partial charge >= 0.3 is 11.9 Å². The molecular formula is C23H29NO6. The summed E-state index contributed by atoms with van der Waals surface area (Å²) in [5, 5.41) is 12.7. The third kappa shape index (κ3) is 3.44. The second-order valence-electron chi connectivity index (χ2n) is 9.30. The van der Waals surface area contributed by atoms with Crippen LogP contribution >= 0.6 is 0 Å². The highest BCUT2D eigenvalue weighted by Gasteiger charge is 2.63. The third-order valence-electron chi connectivity index (χ3n) is 7.31. The molecule has 7 atom stereocenters. The summed E-state index contributed by atoms with van der Waals surface area (Å²) >= 11 is 0. The highest BCUT2D eigenvalue weighted by molar-refractivity contribution is 5.96. The molecule has 2 saturated carbocycles. The first kappa shape index (κ1) is 20.7. The van der Waals surface area contributed by atoms with Crippen LogP contribution in [0.15, 0.2) is 24.3 Å². The Morgan fingerprint density at radius 1 is 1.33 bits per heavy atom. The lowest BCUT2D eigenvalue weighted by atomic mass is 9.78. The number of hydrogen-bond donors (Lipinski definition) is 2. The maximum atomic E-state index is 12.9. The number of anilines is 1. The molecule has 1 amide bonds. The smallest absolute Gasteiger partial charge is 0.309 e. The number of phenolic OH excluding ortho intramolecular Hbond substituents is 1. The van der Waals surface area contributed by atoms with Crippen molar-refractivity contribution >= 4 is 23.5 Å². The minimum Gasteiger partial charge on any atom is -0.506 e. The zero-order chi connectivity index (χ0) is 21.6. The topological polar surface area (TPSA) is 102 Å². The quantitative estimate of drug-likeness (QED) is 0.523. The summed E-state index contributed by atoms with van der Waals surface area (Å²) in [5.74, 6) is -0.905. The van der Waals surface area contributed by atoms with Crippen molar-refractivity contribution in [3.8, 4) is 5.75 Å². The van der Waals surface area contributed by atoms with E-state index in [0.29, 0.717) is 18.5 Å². The van der Waals surface area contributed by atoms with Crippen LogP contribution in [0, 0.1) is 29.1 Å². The summed E-state index contributed by atoms with van der Waals surface area (Å²) in [7, 11) is 0. The number of rotatable bonds is 7. The van der Waals surface area contributed by atoms with Crippen molar-refractivity contribution in [3.05, 3.63) is 24.3 Å². The fourth-order valence-electron chi connectivity index (χ4n) is 5.32. The number of hydrogen-bond acceptors (Lipinski definition) is 6. The number of aromatic hydroxyl groups is 1. The maximum Gasteiger partial charge on any atom is 0.309 e. The van der Waals surface area contributed by atoms with E-state index in [-0.39, 0.29) is 53.6 Å². The Balaban J connectivity index is 1.38. The summed E-state index contributed by atoms with van der Waals surface area (Å²) in [4.78, 5) is 37.7. The SMILES string of the molecule is CCC(C)(CC(C)C(=O)OC1C2CC3C(=O)OC1C3C2)C(=O)Nc1ccccc1O. The summed E-state index contributed by atoms with van der Waals surface area (Å²) < 4.78 is 11.3. The first-order chi connectivity index (χ1) is 14.2. The van der Waals surface area contributed by atoms with Crippen molar-refractivity contribution in [2.24, 2.45) is 29.1 Å². The average molecular weight is 415 g/mol. The molecule has 2 aliphatic carbocycles. The van der Waals surface area contributed by atoms with Crippen LogP contribution in [-0.4, -0.2) is 35.2 Å². The Morgan fingerprint density at radius 3 is 2.77 bits per heavy atom. The van der Waals surface area contributed by atoms with Crippen LogP contribution in [0.2, 0.25) is 0 Å². The van der Waals surface area contributed by atoms with Gasteiger partial charge in [0.05, 0.1) is 17.5 Å². The Kier molecular flexibility index (Phi) is 5.24. The highest BCUT2D eigenvalue weighted by Crippen LogP contribution is 2.55. The monoisotopic (exact) mass is 415 g/mol. The van der Waals surface area contributed by atoms with Gasteiger partial charge in [-0.05, 0) is 37.8 Å². The second kappa shape index (κ2) is 7.60. The zero-order valence-electron chi connectivity index (χ0n) is 17.6. The number of phenols is 1. The van der Waals surface area contributed by atoms with Crippen LogP contribution in [-0.2, 0) is 23.9 Å². The van der Waals surface area contributed by atoms with E-state index in [1.807, 2.05) is 13.8 Å². The number of carbonyl (C=O) groups is 3. The van der Waals surface area contributed by atoms with E-state index >= 15 is 0 Å². The van der Waals surface area contributed by atoms with E-state index < -0.39 is 11.3 Å². The van der Waals surface area contributed by atoms with Gasteiger partial charge in [-0.1, -0.05) is 32.9 Å². The van der Waals surface area contributed by atoms with E-state index in [2.05, 4.69) is 5.32 Å².